The van der Waals surface area contributed by atoms with Gasteiger partial charge in [0.15, 0.2) is 10.8 Å². The van der Waals surface area contributed by atoms with Crippen molar-refractivity contribution in [3.8, 4) is 0 Å². The summed E-state index contributed by atoms with van der Waals surface area (Å²) in [6.45, 7) is 1.51. The van der Waals surface area contributed by atoms with E-state index in [-0.39, 0.29) is 11.9 Å². The Morgan fingerprint density at radius 2 is 1.92 bits per heavy atom. The maximum absolute atomic E-state index is 12.8. The summed E-state index contributed by atoms with van der Waals surface area (Å²) in [6.07, 6.45) is 5.98. The van der Waals surface area contributed by atoms with Crippen LogP contribution in [0.5, 0.6) is 0 Å². The molecule has 0 spiro atoms. The van der Waals surface area contributed by atoms with Gasteiger partial charge in [-0.15, -0.1) is 16.4 Å². The molecule has 1 aliphatic carbocycles. The van der Waals surface area contributed by atoms with Crippen molar-refractivity contribution in [3.05, 3.63) is 59.4 Å². The summed E-state index contributed by atoms with van der Waals surface area (Å²) in [5.41, 5.74) is 2.87. The van der Waals surface area contributed by atoms with Crippen molar-refractivity contribution < 1.29 is 4.79 Å². The third-order valence-corrected chi connectivity index (χ3v) is 7.86. The van der Waals surface area contributed by atoms with Gasteiger partial charge in [0, 0.05) is 37.3 Å². The third-order valence-electron chi connectivity index (χ3n) is 6.83. The van der Waals surface area contributed by atoms with Gasteiger partial charge in [0.2, 0.25) is 5.95 Å². The number of piperidine rings is 1. The van der Waals surface area contributed by atoms with E-state index in [2.05, 4.69) is 36.8 Å². The van der Waals surface area contributed by atoms with E-state index in [1.165, 1.54) is 24.2 Å². The molecule has 5 aromatic rings. The van der Waals surface area contributed by atoms with E-state index in [1.807, 2.05) is 47.1 Å². The molecule has 0 atom stereocenters. The molecule has 0 bridgehead atoms. The Balaban J connectivity index is 1.04. The number of carbonyl (C=O) groups is 1. The summed E-state index contributed by atoms with van der Waals surface area (Å²) in [5, 5.41) is 19.3. The van der Waals surface area contributed by atoms with Gasteiger partial charge in [0.25, 0.3) is 5.91 Å². The van der Waals surface area contributed by atoms with E-state index in [9.17, 15) is 4.79 Å². The van der Waals surface area contributed by atoms with Gasteiger partial charge in [-0.2, -0.15) is 10.1 Å². The average Bonchev–Trinajstić information content (AvgIpc) is 3.28. The Hall–Kier alpha value is -3.99. The van der Waals surface area contributed by atoms with Gasteiger partial charge in [0.1, 0.15) is 11.3 Å². The van der Waals surface area contributed by atoms with E-state index >= 15 is 0 Å². The molecule has 182 valence electrons. The van der Waals surface area contributed by atoms with E-state index in [4.69, 9.17) is 10.1 Å². The molecular formula is C25H25N9OS. The number of H-pyrrole nitrogens is 1. The number of carbonyl (C=O) groups excluding carboxylic acids is 1. The maximum atomic E-state index is 12.8. The number of nitrogens with one attached hydrogen (secondary N) is 3. The van der Waals surface area contributed by atoms with Crippen LogP contribution in [-0.4, -0.2) is 54.8 Å². The first-order valence-corrected chi connectivity index (χ1v) is 13.1. The minimum atomic E-state index is -0.101. The zero-order valence-corrected chi connectivity index (χ0v) is 20.3. The van der Waals surface area contributed by atoms with Crippen LogP contribution in [-0.2, 0) is 0 Å². The fourth-order valence-electron chi connectivity index (χ4n) is 4.71. The summed E-state index contributed by atoms with van der Waals surface area (Å²) in [7, 11) is 0. The number of anilines is 3. The number of nitrogens with zero attached hydrogens (tertiary/aromatic N) is 6. The van der Waals surface area contributed by atoms with Crippen molar-refractivity contribution >= 4 is 50.6 Å². The van der Waals surface area contributed by atoms with Crippen LogP contribution in [0.3, 0.4) is 0 Å². The second kappa shape index (κ2) is 8.59. The second-order valence-electron chi connectivity index (χ2n) is 9.43. The van der Waals surface area contributed by atoms with Crippen LogP contribution in [0, 0.1) is 0 Å². The van der Waals surface area contributed by atoms with E-state index in [1.54, 1.807) is 0 Å². The molecular weight excluding hydrogens is 474 g/mol. The van der Waals surface area contributed by atoms with E-state index in [0.717, 1.165) is 59.0 Å². The first-order valence-electron chi connectivity index (χ1n) is 12.3. The molecule has 7 rings (SSSR count). The number of thiazole rings is 1. The minimum absolute atomic E-state index is 0.0968. The largest absolute Gasteiger partial charge is 0.347 e. The van der Waals surface area contributed by atoms with Crippen LogP contribution < -0.4 is 15.5 Å². The number of fused-ring (bicyclic) bond motifs is 2. The molecule has 1 saturated heterocycles. The topological polar surface area (TPSA) is 116 Å². The van der Waals surface area contributed by atoms with E-state index < -0.39 is 0 Å². The Morgan fingerprint density at radius 3 is 2.75 bits per heavy atom. The molecule has 3 N–H and O–H groups in total. The molecule has 36 heavy (non-hydrogen) atoms. The first kappa shape index (κ1) is 21.3. The molecule has 0 unspecified atom stereocenters. The van der Waals surface area contributed by atoms with Crippen molar-refractivity contribution in [3.63, 3.8) is 0 Å². The normalized spacial score (nSPS) is 16.6. The molecule has 5 heterocycles. The Labute approximate surface area is 210 Å². The highest BCUT2D eigenvalue weighted by molar-refractivity contribution is 7.20. The molecule has 1 amide bonds. The summed E-state index contributed by atoms with van der Waals surface area (Å²) in [4.78, 5) is 24.3. The van der Waals surface area contributed by atoms with Crippen molar-refractivity contribution in [2.24, 2.45) is 0 Å². The lowest BCUT2D eigenvalue weighted by atomic mass is 10.1. The Kier molecular flexibility index (Phi) is 5.09. The van der Waals surface area contributed by atoms with Crippen LogP contribution in [0.1, 0.15) is 47.1 Å². The number of aromatic amines is 1. The lowest BCUT2D eigenvalue weighted by molar-refractivity contribution is 0.0931. The fraction of sp³-hybridized carbons (Fsp3) is 0.320. The third kappa shape index (κ3) is 4.05. The average molecular weight is 500 g/mol. The maximum Gasteiger partial charge on any atom is 0.280 e. The predicted octanol–water partition coefficient (Wildman–Crippen LogP) is 4.08. The minimum Gasteiger partial charge on any atom is -0.347 e. The fourth-order valence-corrected chi connectivity index (χ4v) is 5.58. The van der Waals surface area contributed by atoms with Crippen molar-refractivity contribution in [2.75, 3.05) is 23.3 Å². The second-order valence-corrected chi connectivity index (χ2v) is 10.5. The molecule has 2 fully saturated rings. The first-order chi connectivity index (χ1) is 17.7. The predicted molar refractivity (Wildman–Crippen MR) is 139 cm³/mol. The van der Waals surface area contributed by atoms with Crippen molar-refractivity contribution in [1.82, 2.24) is 35.1 Å². The van der Waals surface area contributed by atoms with Gasteiger partial charge in [-0.05, 0) is 49.9 Å². The molecule has 4 aromatic heterocycles. The lowest BCUT2D eigenvalue weighted by Gasteiger charge is -2.32. The zero-order chi connectivity index (χ0) is 24.1. The quantitative estimate of drug-likeness (QED) is 0.322. The highest BCUT2D eigenvalue weighted by Crippen LogP contribution is 2.39. The van der Waals surface area contributed by atoms with Crippen molar-refractivity contribution in [1.29, 1.82) is 0 Å². The van der Waals surface area contributed by atoms with Gasteiger partial charge in [-0.3, -0.25) is 9.89 Å². The number of hydrogen-bond acceptors (Lipinski definition) is 8. The van der Waals surface area contributed by atoms with Crippen LogP contribution in [0.15, 0.2) is 48.7 Å². The van der Waals surface area contributed by atoms with Gasteiger partial charge in [-0.1, -0.05) is 12.1 Å². The molecule has 2 aliphatic rings. The number of aromatic nitrogens is 6. The molecule has 1 aromatic carbocycles. The molecule has 10 nitrogen and oxygen atoms in total. The van der Waals surface area contributed by atoms with Crippen LogP contribution in [0.2, 0.25) is 0 Å². The number of para-hydroxylation sites is 1. The van der Waals surface area contributed by atoms with Gasteiger partial charge < -0.3 is 15.5 Å². The summed E-state index contributed by atoms with van der Waals surface area (Å²) in [5.74, 6) is 2.72. The monoisotopic (exact) mass is 499 g/mol. The van der Waals surface area contributed by atoms with Crippen molar-refractivity contribution in [2.45, 2.75) is 37.6 Å². The standard InChI is InChI=1S/C25H25N9OS/c35-23(24-27-17-4-1-2-6-20(17)36-24)26-16-9-12-33(13-10-16)25-29-22(19-5-3-11-34(19)32-25)28-21-14-18(30-31-21)15-7-8-15/h1-6,11,14-16H,7-10,12-13H2,(H,26,35)(H2,28,29,30,31,32). The summed E-state index contributed by atoms with van der Waals surface area (Å²) in [6, 6.07) is 14.0. The zero-order valence-electron chi connectivity index (χ0n) is 19.5. The highest BCUT2D eigenvalue weighted by Gasteiger charge is 2.27. The number of hydrogen-bond donors (Lipinski definition) is 3. The Morgan fingerprint density at radius 1 is 1.06 bits per heavy atom. The molecule has 1 aliphatic heterocycles. The van der Waals surface area contributed by atoms with Gasteiger partial charge in [0.05, 0.1) is 15.9 Å². The Bertz CT molecular complexity index is 1530. The molecule has 11 heteroatoms. The van der Waals surface area contributed by atoms with Gasteiger partial charge >= 0.3 is 0 Å². The van der Waals surface area contributed by atoms with E-state index in [0.29, 0.717) is 16.9 Å². The number of amides is 1. The van der Waals surface area contributed by atoms with Crippen LogP contribution in [0.25, 0.3) is 15.7 Å². The number of rotatable bonds is 6. The SMILES string of the molecule is O=C(NC1CCN(c2nc(Nc3cc(C4CC4)n[nH]3)c3cccn3n2)CC1)c1nc2ccccc2s1. The van der Waals surface area contributed by atoms with Gasteiger partial charge in [-0.25, -0.2) is 9.50 Å². The summed E-state index contributed by atoms with van der Waals surface area (Å²) < 4.78 is 2.88. The lowest BCUT2D eigenvalue weighted by Crippen LogP contribution is -2.45. The molecule has 0 radical (unpaired) electrons. The smallest absolute Gasteiger partial charge is 0.280 e. The summed E-state index contributed by atoms with van der Waals surface area (Å²) >= 11 is 1.43. The van der Waals surface area contributed by atoms with Crippen LogP contribution in [0.4, 0.5) is 17.6 Å². The highest BCUT2D eigenvalue weighted by atomic mass is 32.1. The molecule has 1 saturated carbocycles. The van der Waals surface area contributed by atoms with Crippen LogP contribution >= 0.6 is 11.3 Å². The number of benzene rings is 1.